The van der Waals surface area contributed by atoms with E-state index in [1.165, 1.54) is 6.42 Å². The predicted molar refractivity (Wildman–Crippen MR) is 62.1 cm³/mol. The van der Waals surface area contributed by atoms with Crippen molar-refractivity contribution in [1.82, 2.24) is 0 Å². The number of rotatable bonds is 5. The lowest BCUT2D eigenvalue weighted by Gasteiger charge is -2.36. The maximum absolute atomic E-state index is 6.06. The molecule has 1 saturated heterocycles. The van der Waals surface area contributed by atoms with E-state index in [9.17, 15) is 0 Å². The van der Waals surface area contributed by atoms with Gasteiger partial charge in [-0.1, -0.05) is 20.8 Å². The predicted octanol–water partition coefficient (Wildman–Crippen LogP) is 3.19. The van der Waals surface area contributed by atoms with Crippen molar-refractivity contribution in [1.29, 1.82) is 0 Å². The highest BCUT2D eigenvalue weighted by Gasteiger charge is 2.36. The zero-order chi connectivity index (χ0) is 10.8. The molecule has 1 aliphatic rings. The van der Waals surface area contributed by atoms with Crippen LogP contribution in [0.3, 0.4) is 0 Å². The zero-order valence-corrected chi connectivity index (χ0v) is 11.2. The Morgan fingerprint density at radius 1 is 1.36 bits per heavy atom. The lowest BCUT2D eigenvalue weighted by Crippen LogP contribution is -2.41. The fourth-order valence-corrected chi connectivity index (χ4v) is 2.18. The maximum Gasteiger partial charge on any atom is 0.191 e. The SMILES string of the molecule is CC(C)(C)[Si](C)(C)OCCC[C@H]1CO1. The summed E-state index contributed by atoms with van der Waals surface area (Å²) in [5, 5.41) is 0.336. The van der Waals surface area contributed by atoms with Crippen molar-refractivity contribution in [3.05, 3.63) is 0 Å². The van der Waals surface area contributed by atoms with Gasteiger partial charge >= 0.3 is 0 Å². The Bertz CT molecular complexity index is 180. The van der Waals surface area contributed by atoms with E-state index in [1.807, 2.05) is 0 Å². The molecule has 0 aromatic heterocycles. The molecule has 1 aliphatic heterocycles. The van der Waals surface area contributed by atoms with Crippen LogP contribution in [0, 0.1) is 0 Å². The molecule has 0 unspecified atom stereocenters. The smallest absolute Gasteiger partial charge is 0.191 e. The summed E-state index contributed by atoms with van der Waals surface area (Å²) in [6.07, 6.45) is 2.88. The second-order valence-corrected chi connectivity index (χ2v) is 10.5. The first-order valence-corrected chi connectivity index (χ1v) is 8.49. The third-order valence-corrected chi connectivity index (χ3v) is 7.88. The molecule has 0 N–H and O–H groups in total. The third-order valence-electron chi connectivity index (χ3n) is 3.34. The Hall–Kier alpha value is 0.137. The molecule has 1 heterocycles. The van der Waals surface area contributed by atoms with E-state index in [-0.39, 0.29) is 0 Å². The molecule has 84 valence electrons. The Morgan fingerprint density at radius 3 is 2.36 bits per heavy atom. The fourth-order valence-electron chi connectivity index (χ4n) is 1.09. The summed E-state index contributed by atoms with van der Waals surface area (Å²) in [6, 6.07) is 0. The first kappa shape index (κ1) is 12.2. The van der Waals surface area contributed by atoms with Crippen LogP contribution in [0.15, 0.2) is 0 Å². The van der Waals surface area contributed by atoms with Crippen LogP contribution in [0.25, 0.3) is 0 Å². The molecule has 1 atom stereocenters. The molecule has 0 aromatic carbocycles. The van der Waals surface area contributed by atoms with Gasteiger partial charge in [0.15, 0.2) is 8.32 Å². The summed E-state index contributed by atoms with van der Waals surface area (Å²) >= 11 is 0. The summed E-state index contributed by atoms with van der Waals surface area (Å²) in [4.78, 5) is 0. The van der Waals surface area contributed by atoms with Gasteiger partial charge in [0, 0.05) is 6.61 Å². The molecule has 0 spiro atoms. The molecular weight excluding hydrogens is 192 g/mol. The Kier molecular flexibility index (Phi) is 3.78. The Balaban J connectivity index is 2.14. The second-order valence-electron chi connectivity index (χ2n) is 5.71. The van der Waals surface area contributed by atoms with Crippen LogP contribution in [0.1, 0.15) is 33.6 Å². The number of hydrogen-bond acceptors (Lipinski definition) is 2. The van der Waals surface area contributed by atoms with E-state index in [1.54, 1.807) is 0 Å². The third kappa shape index (κ3) is 3.71. The van der Waals surface area contributed by atoms with Gasteiger partial charge in [0.05, 0.1) is 12.7 Å². The van der Waals surface area contributed by atoms with Gasteiger partial charge in [-0.15, -0.1) is 0 Å². The minimum Gasteiger partial charge on any atom is -0.417 e. The molecule has 0 radical (unpaired) electrons. The molecule has 1 rings (SSSR count). The van der Waals surface area contributed by atoms with Crippen LogP contribution in [-0.2, 0) is 9.16 Å². The lowest BCUT2D eigenvalue weighted by molar-refractivity contribution is 0.270. The fraction of sp³-hybridized carbons (Fsp3) is 1.00. The van der Waals surface area contributed by atoms with Crippen molar-refractivity contribution in [2.24, 2.45) is 0 Å². The number of hydrogen-bond donors (Lipinski definition) is 0. The monoisotopic (exact) mass is 216 g/mol. The molecule has 0 bridgehead atoms. The first-order chi connectivity index (χ1) is 6.33. The van der Waals surface area contributed by atoms with Crippen molar-refractivity contribution >= 4 is 8.32 Å². The zero-order valence-electron chi connectivity index (χ0n) is 10.2. The average molecular weight is 216 g/mol. The molecule has 0 aliphatic carbocycles. The van der Waals surface area contributed by atoms with Crippen LogP contribution < -0.4 is 0 Å². The summed E-state index contributed by atoms with van der Waals surface area (Å²) in [6.45, 7) is 13.3. The average Bonchev–Trinajstić information content (AvgIpc) is 2.79. The molecule has 0 aromatic rings. The number of epoxide rings is 1. The maximum atomic E-state index is 6.06. The van der Waals surface area contributed by atoms with Crippen LogP contribution >= 0.6 is 0 Å². The van der Waals surface area contributed by atoms with E-state index in [0.717, 1.165) is 19.6 Å². The van der Waals surface area contributed by atoms with Crippen molar-refractivity contribution in [2.45, 2.75) is 57.8 Å². The minimum atomic E-state index is -1.50. The van der Waals surface area contributed by atoms with Crippen LogP contribution in [0.5, 0.6) is 0 Å². The van der Waals surface area contributed by atoms with Gasteiger partial charge in [-0.05, 0) is 31.0 Å². The molecule has 0 amide bonds. The van der Waals surface area contributed by atoms with Gasteiger partial charge < -0.3 is 9.16 Å². The molecular formula is C11H24O2Si. The van der Waals surface area contributed by atoms with Crippen molar-refractivity contribution in [2.75, 3.05) is 13.2 Å². The Morgan fingerprint density at radius 2 is 1.93 bits per heavy atom. The van der Waals surface area contributed by atoms with E-state index in [0.29, 0.717) is 11.1 Å². The van der Waals surface area contributed by atoms with Gasteiger partial charge in [-0.3, -0.25) is 0 Å². The minimum absolute atomic E-state index is 0.336. The van der Waals surface area contributed by atoms with Gasteiger partial charge in [-0.25, -0.2) is 0 Å². The highest BCUT2D eigenvalue weighted by Crippen LogP contribution is 2.36. The highest BCUT2D eigenvalue weighted by molar-refractivity contribution is 6.74. The van der Waals surface area contributed by atoms with Gasteiger partial charge in [0.25, 0.3) is 0 Å². The topological polar surface area (TPSA) is 21.8 Å². The van der Waals surface area contributed by atoms with Gasteiger partial charge in [-0.2, -0.15) is 0 Å². The lowest BCUT2D eigenvalue weighted by atomic mass is 10.2. The first-order valence-electron chi connectivity index (χ1n) is 5.58. The van der Waals surface area contributed by atoms with E-state index in [4.69, 9.17) is 9.16 Å². The van der Waals surface area contributed by atoms with Crippen LogP contribution in [0.2, 0.25) is 18.1 Å². The van der Waals surface area contributed by atoms with Crippen molar-refractivity contribution in [3.63, 3.8) is 0 Å². The molecule has 0 saturated carbocycles. The van der Waals surface area contributed by atoms with Crippen LogP contribution in [0.4, 0.5) is 0 Å². The molecule has 3 heteroatoms. The molecule has 14 heavy (non-hydrogen) atoms. The normalized spacial score (nSPS) is 22.5. The summed E-state index contributed by atoms with van der Waals surface area (Å²) < 4.78 is 11.2. The van der Waals surface area contributed by atoms with Crippen molar-refractivity contribution in [3.8, 4) is 0 Å². The summed E-state index contributed by atoms with van der Waals surface area (Å²) in [5.41, 5.74) is 0. The van der Waals surface area contributed by atoms with E-state index < -0.39 is 8.32 Å². The van der Waals surface area contributed by atoms with Gasteiger partial charge in [0.1, 0.15) is 0 Å². The summed E-state index contributed by atoms with van der Waals surface area (Å²) in [5.74, 6) is 0. The quantitative estimate of drug-likeness (QED) is 0.400. The van der Waals surface area contributed by atoms with Gasteiger partial charge in [0.2, 0.25) is 0 Å². The second kappa shape index (κ2) is 4.33. The molecule has 2 nitrogen and oxygen atoms in total. The van der Waals surface area contributed by atoms with Crippen molar-refractivity contribution < 1.29 is 9.16 Å². The largest absolute Gasteiger partial charge is 0.417 e. The van der Waals surface area contributed by atoms with Crippen LogP contribution in [-0.4, -0.2) is 27.6 Å². The summed E-state index contributed by atoms with van der Waals surface area (Å²) in [7, 11) is -1.50. The van der Waals surface area contributed by atoms with E-state index in [2.05, 4.69) is 33.9 Å². The highest BCUT2D eigenvalue weighted by atomic mass is 28.4. The molecule has 1 fully saturated rings. The Labute approximate surface area is 89.1 Å². The standard InChI is InChI=1S/C11H24O2Si/c1-11(2,3)14(4,5)13-8-6-7-10-9-12-10/h10H,6-9H2,1-5H3/t10-/m0/s1. The number of ether oxygens (including phenoxy) is 1. The van der Waals surface area contributed by atoms with E-state index >= 15 is 0 Å².